The Hall–Kier alpha value is -1.88. The average molecular weight is 416 g/mol. The molecular weight excluding hydrogens is 382 g/mol. The van der Waals surface area contributed by atoms with E-state index in [1.54, 1.807) is 0 Å². The number of piperazine rings is 1. The van der Waals surface area contributed by atoms with Crippen molar-refractivity contribution in [3.63, 3.8) is 0 Å². The number of carbonyl (C=O) groups is 1. The number of halogens is 1. The largest absolute Gasteiger partial charge is 0.356 e. The lowest BCUT2D eigenvalue weighted by molar-refractivity contribution is -0.122. The van der Waals surface area contributed by atoms with Gasteiger partial charge in [-0.1, -0.05) is 60.7 Å². The van der Waals surface area contributed by atoms with E-state index in [0.29, 0.717) is 12.3 Å². The van der Waals surface area contributed by atoms with Gasteiger partial charge in [-0.05, 0) is 42.9 Å². The second kappa shape index (κ2) is 13.4. The highest BCUT2D eigenvalue weighted by Crippen LogP contribution is 2.18. The molecule has 2 aromatic rings. The first kappa shape index (κ1) is 23.4. The molecule has 0 radical (unpaired) electrons. The number of benzene rings is 2. The van der Waals surface area contributed by atoms with Gasteiger partial charge in [-0.15, -0.1) is 12.4 Å². The van der Waals surface area contributed by atoms with Crippen LogP contribution in [0, 0.1) is 5.92 Å². The minimum atomic E-state index is 0. The van der Waals surface area contributed by atoms with E-state index in [1.165, 1.54) is 11.1 Å². The zero-order chi connectivity index (χ0) is 19.4. The van der Waals surface area contributed by atoms with Gasteiger partial charge >= 0.3 is 0 Å². The van der Waals surface area contributed by atoms with Crippen LogP contribution in [0.1, 0.15) is 24.0 Å². The van der Waals surface area contributed by atoms with Crippen molar-refractivity contribution in [3.05, 3.63) is 71.8 Å². The van der Waals surface area contributed by atoms with E-state index < -0.39 is 0 Å². The number of nitrogens with zero attached hydrogens (tertiary/aromatic N) is 1. The molecule has 3 rings (SSSR count). The maximum atomic E-state index is 12.6. The summed E-state index contributed by atoms with van der Waals surface area (Å²) < 4.78 is 0. The van der Waals surface area contributed by atoms with Gasteiger partial charge in [0.25, 0.3) is 0 Å². The third-order valence-corrected chi connectivity index (χ3v) is 5.39. The quantitative estimate of drug-likeness (QED) is 0.585. The predicted molar refractivity (Wildman–Crippen MR) is 123 cm³/mol. The summed E-state index contributed by atoms with van der Waals surface area (Å²) >= 11 is 0. The Labute approximate surface area is 181 Å². The van der Waals surface area contributed by atoms with Crippen LogP contribution in [0.2, 0.25) is 0 Å². The minimum Gasteiger partial charge on any atom is -0.356 e. The number of rotatable bonds is 10. The second-order valence-corrected chi connectivity index (χ2v) is 7.74. The summed E-state index contributed by atoms with van der Waals surface area (Å²) in [6, 6.07) is 21.0. The van der Waals surface area contributed by atoms with Crippen molar-refractivity contribution >= 4 is 18.3 Å². The van der Waals surface area contributed by atoms with Crippen molar-refractivity contribution in [1.29, 1.82) is 0 Å². The molecule has 158 valence electrons. The number of hydrogen-bond acceptors (Lipinski definition) is 3. The zero-order valence-corrected chi connectivity index (χ0v) is 18.0. The topological polar surface area (TPSA) is 44.4 Å². The van der Waals surface area contributed by atoms with E-state index in [4.69, 9.17) is 0 Å². The van der Waals surface area contributed by atoms with E-state index in [0.717, 1.165) is 58.5 Å². The van der Waals surface area contributed by atoms with E-state index in [2.05, 4.69) is 64.1 Å². The molecule has 0 unspecified atom stereocenters. The van der Waals surface area contributed by atoms with Crippen LogP contribution in [0.25, 0.3) is 0 Å². The third-order valence-electron chi connectivity index (χ3n) is 5.39. The lowest BCUT2D eigenvalue weighted by Gasteiger charge is -2.27. The Morgan fingerprint density at radius 2 is 1.48 bits per heavy atom. The van der Waals surface area contributed by atoms with E-state index in [1.807, 2.05) is 12.1 Å². The molecule has 29 heavy (non-hydrogen) atoms. The first-order chi connectivity index (χ1) is 13.8. The van der Waals surface area contributed by atoms with Crippen molar-refractivity contribution in [2.45, 2.75) is 25.7 Å². The van der Waals surface area contributed by atoms with Gasteiger partial charge in [0, 0.05) is 39.1 Å². The summed E-state index contributed by atoms with van der Waals surface area (Å²) in [5, 5.41) is 6.52. The Morgan fingerprint density at radius 3 is 2.03 bits per heavy atom. The maximum Gasteiger partial charge on any atom is 0.220 e. The van der Waals surface area contributed by atoms with Crippen LogP contribution in [0.4, 0.5) is 0 Å². The highest BCUT2D eigenvalue weighted by molar-refractivity contribution is 5.85. The standard InChI is InChI=1S/C24H33N3O.ClH/c28-24(26-12-7-15-27-16-13-25-14-17-27)20-23(18-21-8-3-1-4-9-21)19-22-10-5-2-6-11-22;/h1-6,8-11,23,25H,7,12-20H2,(H,26,28);1H. The molecule has 1 heterocycles. The van der Waals surface area contributed by atoms with Gasteiger partial charge in [-0.2, -0.15) is 0 Å². The van der Waals surface area contributed by atoms with Crippen molar-refractivity contribution in [2.24, 2.45) is 5.92 Å². The van der Waals surface area contributed by atoms with Gasteiger partial charge in [-0.3, -0.25) is 4.79 Å². The molecule has 2 N–H and O–H groups in total. The van der Waals surface area contributed by atoms with Crippen LogP contribution in [0.15, 0.2) is 60.7 Å². The summed E-state index contributed by atoms with van der Waals surface area (Å²) in [4.78, 5) is 15.0. The van der Waals surface area contributed by atoms with Crippen LogP contribution in [0.3, 0.4) is 0 Å². The normalized spacial score (nSPS) is 14.4. The number of hydrogen-bond donors (Lipinski definition) is 2. The fourth-order valence-corrected chi connectivity index (χ4v) is 3.91. The Balaban J connectivity index is 0.00000300. The van der Waals surface area contributed by atoms with Gasteiger partial charge in [0.05, 0.1) is 0 Å². The molecule has 0 aromatic heterocycles. The summed E-state index contributed by atoms with van der Waals surface area (Å²) in [5.74, 6) is 0.496. The SMILES string of the molecule is Cl.O=C(CC(Cc1ccccc1)Cc1ccccc1)NCCCN1CCNCC1. The van der Waals surface area contributed by atoms with E-state index >= 15 is 0 Å². The molecule has 1 fully saturated rings. The molecule has 0 aliphatic carbocycles. The minimum absolute atomic E-state index is 0. The lowest BCUT2D eigenvalue weighted by Crippen LogP contribution is -2.44. The second-order valence-electron chi connectivity index (χ2n) is 7.74. The van der Waals surface area contributed by atoms with Gasteiger partial charge in [-0.25, -0.2) is 0 Å². The molecule has 1 saturated heterocycles. The average Bonchev–Trinajstić information content (AvgIpc) is 2.73. The Morgan fingerprint density at radius 1 is 0.931 bits per heavy atom. The molecule has 1 aliphatic heterocycles. The van der Waals surface area contributed by atoms with Gasteiger partial charge in [0.1, 0.15) is 0 Å². The summed E-state index contributed by atoms with van der Waals surface area (Å²) in [6.07, 6.45) is 3.47. The monoisotopic (exact) mass is 415 g/mol. The van der Waals surface area contributed by atoms with Gasteiger partial charge in [0.2, 0.25) is 5.91 Å². The van der Waals surface area contributed by atoms with Crippen LogP contribution >= 0.6 is 12.4 Å². The van der Waals surface area contributed by atoms with Crippen molar-refractivity contribution in [3.8, 4) is 0 Å². The first-order valence-corrected chi connectivity index (χ1v) is 10.6. The molecule has 1 amide bonds. The zero-order valence-electron chi connectivity index (χ0n) is 17.2. The molecule has 1 aliphatic rings. The highest BCUT2D eigenvalue weighted by atomic mass is 35.5. The first-order valence-electron chi connectivity index (χ1n) is 10.6. The smallest absolute Gasteiger partial charge is 0.220 e. The van der Waals surface area contributed by atoms with Crippen molar-refractivity contribution in [1.82, 2.24) is 15.5 Å². The molecule has 0 spiro atoms. The highest BCUT2D eigenvalue weighted by Gasteiger charge is 2.16. The Bertz CT molecular complexity index is 648. The van der Waals surface area contributed by atoms with Gasteiger partial charge < -0.3 is 15.5 Å². The molecule has 0 bridgehead atoms. The predicted octanol–water partition coefficient (Wildman–Crippen LogP) is 3.31. The molecule has 5 heteroatoms. The fourth-order valence-electron chi connectivity index (χ4n) is 3.91. The number of amides is 1. The Kier molecular flexibility index (Phi) is 10.8. The number of carbonyl (C=O) groups excluding carboxylic acids is 1. The van der Waals surface area contributed by atoms with Crippen molar-refractivity contribution < 1.29 is 4.79 Å². The third kappa shape index (κ3) is 8.99. The summed E-state index contributed by atoms with van der Waals surface area (Å²) in [7, 11) is 0. The molecule has 4 nitrogen and oxygen atoms in total. The van der Waals surface area contributed by atoms with Crippen molar-refractivity contribution in [2.75, 3.05) is 39.3 Å². The molecule has 0 atom stereocenters. The maximum absolute atomic E-state index is 12.6. The van der Waals surface area contributed by atoms with Crippen LogP contribution in [-0.2, 0) is 17.6 Å². The molecular formula is C24H34ClN3O. The molecule has 0 saturated carbocycles. The van der Waals surface area contributed by atoms with Crippen LogP contribution < -0.4 is 10.6 Å². The van der Waals surface area contributed by atoms with Crippen LogP contribution in [-0.4, -0.2) is 50.1 Å². The van der Waals surface area contributed by atoms with Crippen LogP contribution in [0.5, 0.6) is 0 Å². The lowest BCUT2D eigenvalue weighted by atomic mass is 9.89. The van der Waals surface area contributed by atoms with Gasteiger partial charge in [0.15, 0.2) is 0 Å². The summed E-state index contributed by atoms with van der Waals surface area (Å²) in [6.45, 7) is 6.22. The number of nitrogens with one attached hydrogen (secondary N) is 2. The molecule has 2 aromatic carbocycles. The fraction of sp³-hybridized carbons (Fsp3) is 0.458. The summed E-state index contributed by atoms with van der Waals surface area (Å²) in [5.41, 5.74) is 2.60. The van der Waals surface area contributed by atoms with E-state index in [9.17, 15) is 4.79 Å². The van der Waals surface area contributed by atoms with E-state index in [-0.39, 0.29) is 18.3 Å².